The fraction of sp³-hybridized carbons (Fsp3) is 0.370. The summed E-state index contributed by atoms with van der Waals surface area (Å²) in [5.74, 6) is -0.568. The Labute approximate surface area is 222 Å². The maximum Gasteiger partial charge on any atom is 0.245 e. The Morgan fingerprint density at radius 2 is 1.86 bits per heavy atom. The maximum atomic E-state index is 13.4. The van der Waals surface area contributed by atoms with E-state index >= 15 is 0 Å². The van der Waals surface area contributed by atoms with Crippen molar-refractivity contribution < 1.29 is 18.0 Å². The molecule has 10 heteroatoms. The van der Waals surface area contributed by atoms with E-state index in [1.165, 1.54) is 11.0 Å². The second-order valence-corrected chi connectivity index (χ2v) is 11.7. The van der Waals surface area contributed by atoms with Crippen LogP contribution in [0.25, 0.3) is 10.8 Å². The van der Waals surface area contributed by atoms with Crippen LogP contribution in [0, 0.1) is 0 Å². The number of nitrogens with one attached hydrogen (secondary N) is 1. The smallest absolute Gasteiger partial charge is 0.245 e. The van der Waals surface area contributed by atoms with Gasteiger partial charge in [0.1, 0.15) is 12.1 Å². The first kappa shape index (κ1) is 27.0. The predicted octanol–water partition coefficient (Wildman–Crippen LogP) is 3.64. The lowest BCUT2D eigenvalue weighted by Crippen LogP contribution is -2.52. The summed E-state index contributed by atoms with van der Waals surface area (Å²) in [6.07, 6.45) is 2.61. The molecule has 3 aromatic rings. The van der Waals surface area contributed by atoms with Gasteiger partial charge in [0.15, 0.2) is 0 Å². The molecule has 0 radical (unpaired) electrons. The Hall–Kier alpha value is -3.01. The number of benzene rings is 2. The number of likely N-dealkylation sites (tertiary alicyclic amines) is 1. The van der Waals surface area contributed by atoms with Gasteiger partial charge in [-0.2, -0.15) is 4.72 Å². The molecule has 1 aromatic heterocycles. The topological polar surface area (TPSA) is 99.7 Å². The molecule has 1 saturated heterocycles. The van der Waals surface area contributed by atoms with E-state index in [4.69, 9.17) is 11.6 Å². The summed E-state index contributed by atoms with van der Waals surface area (Å²) >= 11 is 6.02. The van der Waals surface area contributed by atoms with E-state index in [2.05, 4.69) is 9.71 Å². The van der Waals surface area contributed by atoms with Gasteiger partial charge >= 0.3 is 0 Å². The summed E-state index contributed by atoms with van der Waals surface area (Å²) in [5, 5.41) is 2.11. The molecule has 0 aliphatic carbocycles. The zero-order valence-corrected chi connectivity index (χ0v) is 22.7. The van der Waals surface area contributed by atoms with Crippen molar-refractivity contribution in [3.05, 3.63) is 71.5 Å². The second kappa shape index (κ2) is 11.2. The van der Waals surface area contributed by atoms with Gasteiger partial charge in [-0.15, -0.1) is 0 Å². The number of carbonyl (C=O) groups is 2. The van der Waals surface area contributed by atoms with Gasteiger partial charge in [-0.05, 0) is 74.4 Å². The highest BCUT2D eigenvalue weighted by Gasteiger charge is 2.40. The van der Waals surface area contributed by atoms with Crippen LogP contribution in [0.3, 0.4) is 0 Å². The number of fused-ring (bicyclic) bond motifs is 1. The van der Waals surface area contributed by atoms with Gasteiger partial charge in [-0.1, -0.05) is 29.8 Å². The molecule has 1 aliphatic heterocycles. The highest BCUT2D eigenvalue weighted by Crippen LogP contribution is 2.24. The summed E-state index contributed by atoms with van der Waals surface area (Å²) in [5.41, 5.74) is 0.886. The van der Waals surface area contributed by atoms with Crippen LogP contribution in [0.15, 0.2) is 65.7 Å². The van der Waals surface area contributed by atoms with E-state index in [-0.39, 0.29) is 23.3 Å². The lowest BCUT2D eigenvalue weighted by atomic mass is 10.1. The van der Waals surface area contributed by atoms with Gasteiger partial charge in [-0.25, -0.2) is 8.42 Å². The van der Waals surface area contributed by atoms with Crippen LogP contribution >= 0.6 is 11.6 Å². The Kier molecular flexibility index (Phi) is 8.16. The minimum atomic E-state index is -3.95. The molecule has 0 spiro atoms. The molecule has 0 unspecified atom stereocenters. The maximum absolute atomic E-state index is 13.4. The number of halogens is 1. The van der Waals surface area contributed by atoms with Crippen molar-refractivity contribution in [2.75, 3.05) is 13.1 Å². The minimum Gasteiger partial charge on any atom is -0.338 e. The van der Waals surface area contributed by atoms with E-state index in [1.807, 2.05) is 32.0 Å². The van der Waals surface area contributed by atoms with Crippen molar-refractivity contribution >= 4 is 44.2 Å². The molecular weight excluding hydrogens is 512 g/mol. The van der Waals surface area contributed by atoms with Crippen molar-refractivity contribution in [3.63, 3.8) is 0 Å². The Morgan fingerprint density at radius 3 is 2.57 bits per heavy atom. The number of hydrogen-bond donors (Lipinski definition) is 1. The molecule has 2 amide bonds. The van der Waals surface area contributed by atoms with Crippen LogP contribution < -0.4 is 4.72 Å². The van der Waals surface area contributed by atoms with Gasteiger partial charge in [0.05, 0.1) is 4.90 Å². The van der Waals surface area contributed by atoms with Crippen LogP contribution in [0.2, 0.25) is 5.02 Å². The van der Waals surface area contributed by atoms with Crippen LogP contribution in [-0.2, 0) is 26.0 Å². The van der Waals surface area contributed by atoms with Crippen LogP contribution in [-0.4, -0.2) is 66.2 Å². The Morgan fingerprint density at radius 1 is 1.14 bits per heavy atom. The third-order valence-electron chi connectivity index (χ3n) is 6.69. The quantitative estimate of drug-likeness (QED) is 0.445. The number of carbonyl (C=O) groups excluding carboxylic acids is 2. The molecule has 2 heterocycles. The molecule has 2 aromatic carbocycles. The number of sulfonamides is 1. The average molecular weight is 543 g/mol. The van der Waals surface area contributed by atoms with E-state index in [0.717, 1.165) is 16.5 Å². The molecule has 2 atom stereocenters. The summed E-state index contributed by atoms with van der Waals surface area (Å²) in [6, 6.07) is 13.9. The first-order valence-corrected chi connectivity index (χ1v) is 14.2. The summed E-state index contributed by atoms with van der Waals surface area (Å²) in [7, 11) is -3.95. The molecule has 196 valence electrons. The fourth-order valence-electron chi connectivity index (χ4n) is 4.59. The predicted molar refractivity (Wildman–Crippen MR) is 144 cm³/mol. The molecule has 4 rings (SSSR count). The zero-order chi connectivity index (χ0) is 26.7. The number of pyridine rings is 1. The zero-order valence-electron chi connectivity index (χ0n) is 21.1. The molecule has 37 heavy (non-hydrogen) atoms. The van der Waals surface area contributed by atoms with Crippen molar-refractivity contribution in [1.29, 1.82) is 0 Å². The summed E-state index contributed by atoms with van der Waals surface area (Å²) in [4.78, 5) is 34.1. The number of amides is 2. The number of aromatic nitrogens is 1. The monoisotopic (exact) mass is 542 g/mol. The fourth-order valence-corrected chi connectivity index (χ4v) is 6.03. The van der Waals surface area contributed by atoms with E-state index < -0.39 is 28.0 Å². The molecule has 1 aliphatic rings. The van der Waals surface area contributed by atoms with Crippen LogP contribution in [0.1, 0.15) is 32.9 Å². The lowest BCUT2D eigenvalue weighted by Gasteiger charge is -2.33. The standard InChI is InChI=1S/C27H31ClN4O4S/c1-18(2)31(14-11-23-6-4-5-13-29-23)26(33)19(3)32-15-12-25(27(32)34)30-37(35,36)24-10-8-20-16-22(28)9-7-21(20)17-24/h4-10,13,16-19,25,30H,11-12,14-15H2,1-3H3/t19-,25-/m0/s1. The number of nitrogens with zero attached hydrogens (tertiary/aromatic N) is 3. The second-order valence-electron chi connectivity index (χ2n) is 9.52. The van der Waals surface area contributed by atoms with E-state index in [0.29, 0.717) is 24.5 Å². The molecule has 1 N–H and O–H groups in total. The molecular formula is C27H31ClN4O4S. The number of hydrogen-bond acceptors (Lipinski definition) is 5. The third-order valence-corrected chi connectivity index (χ3v) is 8.39. The molecule has 1 fully saturated rings. The van der Waals surface area contributed by atoms with Gasteiger partial charge in [0, 0.05) is 42.5 Å². The molecule has 8 nitrogen and oxygen atoms in total. The van der Waals surface area contributed by atoms with Crippen molar-refractivity contribution in [2.24, 2.45) is 0 Å². The SMILES string of the molecule is CC(C)N(CCc1ccccn1)C(=O)[C@H](C)N1CC[C@H](NS(=O)(=O)c2ccc3cc(Cl)ccc3c2)C1=O. The Bertz CT molecular complexity index is 1400. The van der Waals surface area contributed by atoms with Gasteiger partial charge in [-0.3, -0.25) is 14.6 Å². The highest BCUT2D eigenvalue weighted by atomic mass is 35.5. The molecule has 0 saturated carbocycles. The Balaban J connectivity index is 1.43. The number of rotatable bonds is 9. The van der Waals surface area contributed by atoms with Gasteiger partial charge < -0.3 is 9.80 Å². The first-order valence-electron chi connectivity index (χ1n) is 12.3. The van der Waals surface area contributed by atoms with Crippen molar-refractivity contribution in [3.8, 4) is 0 Å². The summed E-state index contributed by atoms with van der Waals surface area (Å²) < 4.78 is 28.7. The average Bonchev–Trinajstić information content (AvgIpc) is 3.22. The van der Waals surface area contributed by atoms with Gasteiger partial charge in [0.2, 0.25) is 21.8 Å². The molecule has 0 bridgehead atoms. The first-order chi connectivity index (χ1) is 17.6. The third kappa shape index (κ3) is 6.11. The van der Waals surface area contributed by atoms with E-state index in [9.17, 15) is 18.0 Å². The minimum absolute atomic E-state index is 0.0616. The lowest BCUT2D eigenvalue weighted by molar-refractivity contribution is -0.144. The van der Waals surface area contributed by atoms with E-state index in [1.54, 1.807) is 48.4 Å². The summed E-state index contributed by atoms with van der Waals surface area (Å²) in [6.45, 7) is 6.33. The largest absolute Gasteiger partial charge is 0.338 e. The van der Waals surface area contributed by atoms with Crippen molar-refractivity contribution in [1.82, 2.24) is 19.5 Å². The van der Waals surface area contributed by atoms with Crippen LogP contribution in [0.5, 0.6) is 0 Å². The normalized spacial score (nSPS) is 16.9. The highest BCUT2D eigenvalue weighted by molar-refractivity contribution is 7.89. The van der Waals surface area contributed by atoms with Crippen LogP contribution in [0.4, 0.5) is 0 Å². The van der Waals surface area contributed by atoms with Gasteiger partial charge in [0.25, 0.3) is 0 Å². The van der Waals surface area contributed by atoms with Crippen molar-refractivity contribution in [2.45, 2.75) is 56.6 Å².